The summed E-state index contributed by atoms with van der Waals surface area (Å²) in [4.78, 5) is 2.29. The minimum absolute atomic E-state index is 0.0547. The molecule has 0 bridgehead atoms. The van der Waals surface area contributed by atoms with Crippen LogP contribution in [-0.2, 0) is 16.6 Å². The van der Waals surface area contributed by atoms with Crippen LogP contribution in [0.2, 0.25) is 0 Å². The number of methoxy groups -OCH3 is 2. The van der Waals surface area contributed by atoms with E-state index in [0.717, 1.165) is 24.3 Å². The van der Waals surface area contributed by atoms with Gasteiger partial charge in [-0.1, -0.05) is 12.1 Å². The first-order chi connectivity index (χ1) is 12.4. The third kappa shape index (κ3) is 4.68. The highest BCUT2D eigenvalue weighted by atomic mass is 32.2. The summed E-state index contributed by atoms with van der Waals surface area (Å²) in [6.45, 7) is 6.26. The monoisotopic (exact) mass is 378 g/mol. The van der Waals surface area contributed by atoms with E-state index in [1.165, 1.54) is 20.3 Å². The molecule has 0 heterocycles. The first kappa shape index (κ1) is 20.1. The number of nitrogens with zero attached hydrogens (tertiary/aromatic N) is 1. The van der Waals surface area contributed by atoms with Crippen molar-refractivity contribution in [2.45, 2.75) is 25.3 Å². The average molecular weight is 378 g/mol. The van der Waals surface area contributed by atoms with Crippen LogP contribution < -0.4 is 19.1 Å². The SMILES string of the molecule is CCN(CC)c1ccc(CNS(=O)(=O)c2cc(OC)ccc2OC)cc1. The van der Waals surface area contributed by atoms with Crippen LogP contribution in [-0.4, -0.2) is 35.7 Å². The Hall–Kier alpha value is -2.25. The van der Waals surface area contributed by atoms with Gasteiger partial charge in [0.25, 0.3) is 0 Å². The molecule has 0 aliphatic heterocycles. The summed E-state index contributed by atoms with van der Waals surface area (Å²) in [5.41, 5.74) is 2.00. The summed E-state index contributed by atoms with van der Waals surface area (Å²) >= 11 is 0. The summed E-state index contributed by atoms with van der Waals surface area (Å²) in [7, 11) is -0.809. The van der Waals surface area contributed by atoms with E-state index in [4.69, 9.17) is 9.47 Å². The van der Waals surface area contributed by atoms with Gasteiger partial charge in [-0.15, -0.1) is 0 Å². The van der Waals surface area contributed by atoms with Crippen molar-refractivity contribution in [3.63, 3.8) is 0 Å². The first-order valence-corrected chi connectivity index (χ1v) is 9.99. The van der Waals surface area contributed by atoms with E-state index in [-0.39, 0.29) is 17.2 Å². The molecule has 2 aromatic carbocycles. The van der Waals surface area contributed by atoms with Crippen LogP contribution in [0.5, 0.6) is 11.5 Å². The van der Waals surface area contributed by atoms with Crippen LogP contribution in [0.4, 0.5) is 5.69 Å². The molecule has 7 heteroatoms. The third-order valence-electron chi connectivity index (χ3n) is 4.19. The molecule has 1 N–H and O–H groups in total. The van der Waals surface area contributed by atoms with Gasteiger partial charge < -0.3 is 14.4 Å². The van der Waals surface area contributed by atoms with Gasteiger partial charge >= 0.3 is 0 Å². The Morgan fingerprint density at radius 3 is 2.15 bits per heavy atom. The van der Waals surface area contributed by atoms with E-state index < -0.39 is 10.0 Å². The van der Waals surface area contributed by atoms with Crippen molar-refractivity contribution in [1.82, 2.24) is 4.72 Å². The number of sulfonamides is 1. The second-order valence-electron chi connectivity index (χ2n) is 5.68. The Morgan fingerprint density at radius 2 is 1.62 bits per heavy atom. The van der Waals surface area contributed by atoms with E-state index in [1.807, 2.05) is 24.3 Å². The molecular weight excluding hydrogens is 352 g/mol. The summed E-state index contributed by atoms with van der Waals surface area (Å²) in [6.07, 6.45) is 0. The van der Waals surface area contributed by atoms with Crippen LogP contribution in [0.15, 0.2) is 47.4 Å². The lowest BCUT2D eigenvalue weighted by atomic mass is 10.2. The van der Waals surface area contributed by atoms with Crippen LogP contribution >= 0.6 is 0 Å². The third-order valence-corrected chi connectivity index (χ3v) is 5.61. The molecule has 26 heavy (non-hydrogen) atoms. The van der Waals surface area contributed by atoms with Gasteiger partial charge in [0.05, 0.1) is 14.2 Å². The Kier molecular flexibility index (Phi) is 6.88. The lowest BCUT2D eigenvalue weighted by Gasteiger charge is -2.21. The highest BCUT2D eigenvalue weighted by Crippen LogP contribution is 2.28. The molecule has 2 rings (SSSR count). The standard InChI is InChI=1S/C19H26N2O4S/c1-5-21(6-2)16-9-7-15(8-10-16)14-20-26(22,23)19-13-17(24-3)11-12-18(19)25-4/h7-13,20H,5-6,14H2,1-4H3. The fourth-order valence-corrected chi connectivity index (χ4v) is 3.86. The van der Waals surface area contributed by atoms with Gasteiger partial charge in [-0.05, 0) is 43.7 Å². The maximum absolute atomic E-state index is 12.7. The quantitative estimate of drug-likeness (QED) is 0.726. The summed E-state index contributed by atoms with van der Waals surface area (Å²) in [5.74, 6) is 0.727. The number of hydrogen-bond acceptors (Lipinski definition) is 5. The molecule has 0 radical (unpaired) electrons. The summed E-state index contributed by atoms with van der Waals surface area (Å²) < 4.78 is 38.2. The number of ether oxygens (including phenoxy) is 2. The predicted molar refractivity (Wildman–Crippen MR) is 104 cm³/mol. The molecule has 0 amide bonds. The van der Waals surface area contributed by atoms with Gasteiger partial charge in [-0.2, -0.15) is 0 Å². The van der Waals surface area contributed by atoms with Crippen molar-refractivity contribution < 1.29 is 17.9 Å². The molecule has 0 spiro atoms. The van der Waals surface area contributed by atoms with Crippen molar-refractivity contribution in [2.24, 2.45) is 0 Å². The minimum Gasteiger partial charge on any atom is -0.497 e. The lowest BCUT2D eigenvalue weighted by molar-refractivity contribution is 0.392. The fraction of sp³-hybridized carbons (Fsp3) is 0.368. The largest absolute Gasteiger partial charge is 0.497 e. The fourth-order valence-electron chi connectivity index (χ4n) is 2.66. The molecule has 2 aromatic rings. The Bertz CT molecular complexity index is 816. The predicted octanol–water partition coefficient (Wildman–Crippen LogP) is 3.03. The molecule has 0 aliphatic rings. The maximum Gasteiger partial charge on any atom is 0.244 e. The smallest absolute Gasteiger partial charge is 0.244 e. The first-order valence-electron chi connectivity index (χ1n) is 8.50. The van der Waals surface area contributed by atoms with Crippen molar-refractivity contribution in [3.05, 3.63) is 48.0 Å². The molecule has 0 saturated carbocycles. The normalized spacial score (nSPS) is 11.2. The molecule has 142 valence electrons. The minimum atomic E-state index is -3.74. The van der Waals surface area contributed by atoms with E-state index in [0.29, 0.717) is 5.75 Å². The number of hydrogen-bond donors (Lipinski definition) is 1. The number of benzene rings is 2. The summed E-state index contributed by atoms with van der Waals surface area (Å²) in [6, 6.07) is 12.5. The summed E-state index contributed by atoms with van der Waals surface area (Å²) in [5, 5.41) is 0. The maximum atomic E-state index is 12.7. The Labute approximate surface area is 155 Å². The molecule has 0 aromatic heterocycles. The van der Waals surface area contributed by atoms with E-state index in [1.54, 1.807) is 12.1 Å². The number of anilines is 1. The van der Waals surface area contributed by atoms with Crippen molar-refractivity contribution in [1.29, 1.82) is 0 Å². The molecule has 0 aliphatic carbocycles. The van der Waals surface area contributed by atoms with Gasteiger partial charge in [-0.3, -0.25) is 0 Å². The van der Waals surface area contributed by atoms with Crippen molar-refractivity contribution >= 4 is 15.7 Å². The zero-order valence-corrected chi connectivity index (χ0v) is 16.5. The zero-order valence-electron chi connectivity index (χ0n) is 15.7. The lowest BCUT2D eigenvalue weighted by Crippen LogP contribution is -2.24. The Balaban J connectivity index is 2.15. The second kappa shape index (κ2) is 8.91. The number of rotatable bonds is 9. The van der Waals surface area contributed by atoms with Crippen LogP contribution in [0.25, 0.3) is 0 Å². The number of nitrogens with one attached hydrogen (secondary N) is 1. The molecule has 0 atom stereocenters. The van der Waals surface area contributed by atoms with E-state index in [9.17, 15) is 8.42 Å². The van der Waals surface area contributed by atoms with E-state index in [2.05, 4.69) is 23.5 Å². The van der Waals surface area contributed by atoms with Crippen LogP contribution in [0, 0.1) is 0 Å². The van der Waals surface area contributed by atoms with Crippen molar-refractivity contribution in [2.75, 3.05) is 32.2 Å². The van der Waals surface area contributed by atoms with Gasteiger partial charge in [0.1, 0.15) is 16.4 Å². The highest BCUT2D eigenvalue weighted by Gasteiger charge is 2.20. The van der Waals surface area contributed by atoms with Gasteiger partial charge in [-0.25, -0.2) is 13.1 Å². The van der Waals surface area contributed by atoms with Gasteiger partial charge in [0.15, 0.2) is 0 Å². The van der Waals surface area contributed by atoms with Crippen LogP contribution in [0.1, 0.15) is 19.4 Å². The molecular formula is C19H26N2O4S. The second-order valence-corrected chi connectivity index (χ2v) is 7.42. The average Bonchev–Trinajstić information content (AvgIpc) is 2.67. The van der Waals surface area contributed by atoms with E-state index >= 15 is 0 Å². The topological polar surface area (TPSA) is 67.9 Å². The van der Waals surface area contributed by atoms with Crippen LogP contribution in [0.3, 0.4) is 0 Å². The molecule has 0 fully saturated rings. The highest BCUT2D eigenvalue weighted by molar-refractivity contribution is 7.89. The molecule has 6 nitrogen and oxygen atoms in total. The zero-order chi connectivity index (χ0) is 19.2. The molecule has 0 unspecified atom stereocenters. The molecule has 0 saturated heterocycles. The van der Waals surface area contributed by atoms with Gasteiger partial charge in [0, 0.05) is 31.4 Å². The Morgan fingerprint density at radius 1 is 0.962 bits per heavy atom. The van der Waals surface area contributed by atoms with Gasteiger partial charge in [0.2, 0.25) is 10.0 Å². The van der Waals surface area contributed by atoms with Crippen molar-refractivity contribution in [3.8, 4) is 11.5 Å².